The van der Waals surface area contributed by atoms with Gasteiger partial charge in [0.15, 0.2) is 5.58 Å². The molecule has 0 atom stereocenters. The Balaban J connectivity index is 1.64. The Morgan fingerprint density at radius 2 is 2.04 bits per heavy atom. The van der Waals surface area contributed by atoms with Crippen LogP contribution in [0.2, 0.25) is 5.02 Å². The molecule has 0 saturated carbocycles. The Labute approximate surface area is 143 Å². The summed E-state index contributed by atoms with van der Waals surface area (Å²) >= 11 is 5.87. The van der Waals surface area contributed by atoms with Crippen LogP contribution in [0.3, 0.4) is 0 Å². The predicted molar refractivity (Wildman–Crippen MR) is 93.4 cm³/mol. The molecular weight excluding hydrogens is 328 g/mol. The molecule has 5 nitrogen and oxygen atoms in total. The van der Waals surface area contributed by atoms with Crippen LogP contribution in [-0.4, -0.2) is 17.0 Å². The minimum absolute atomic E-state index is 0.0821. The molecule has 0 unspecified atom stereocenters. The number of amides is 1. The Hall–Kier alpha value is -2.53. The van der Waals surface area contributed by atoms with Gasteiger partial charge in [-0.1, -0.05) is 35.9 Å². The topological polar surface area (TPSA) is 64.2 Å². The highest BCUT2D eigenvalue weighted by Gasteiger charge is 2.12. The van der Waals surface area contributed by atoms with Crippen LogP contribution in [0.15, 0.2) is 51.7 Å². The summed E-state index contributed by atoms with van der Waals surface area (Å²) < 4.78 is 6.41. The fraction of sp³-hybridized carbons (Fsp3) is 0.222. The van der Waals surface area contributed by atoms with Crippen molar-refractivity contribution >= 4 is 28.6 Å². The van der Waals surface area contributed by atoms with E-state index in [1.807, 2.05) is 31.2 Å². The van der Waals surface area contributed by atoms with Gasteiger partial charge in [-0.2, -0.15) is 0 Å². The average Bonchev–Trinajstić information content (AvgIpc) is 2.84. The van der Waals surface area contributed by atoms with Crippen molar-refractivity contribution in [3.8, 4) is 0 Å². The molecule has 0 aliphatic carbocycles. The maximum Gasteiger partial charge on any atom is 0.420 e. The van der Waals surface area contributed by atoms with Gasteiger partial charge in [0.05, 0.1) is 5.52 Å². The highest BCUT2D eigenvalue weighted by molar-refractivity contribution is 6.31. The minimum atomic E-state index is -0.568. The second-order valence-electron chi connectivity index (χ2n) is 5.59. The molecule has 0 fully saturated rings. The SMILES string of the molecule is Cc1ccccc1CCNC(=O)Cn1c(=O)oc2cc(Cl)ccc21. The van der Waals surface area contributed by atoms with Gasteiger partial charge in [0.25, 0.3) is 0 Å². The van der Waals surface area contributed by atoms with Gasteiger partial charge in [-0.3, -0.25) is 9.36 Å². The van der Waals surface area contributed by atoms with Crippen LogP contribution < -0.4 is 11.1 Å². The van der Waals surface area contributed by atoms with Crippen molar-refractivity contribution < 1.29 is 9.21 Å². The lowest BCUT2D eigenvalue weighted by atomic mass is 10.1. The molecule has 0 spiro atoms. The summed E-state index contributed by atoms with van der Waals surface area (Å²) in [6.45, 7) is 2.47. The molecule has 1 N–H and O–H groups in total. The Bertz CT molecular complexity index is 943. The summed E-state index contributed by atoms with van der Waals surface area (Å²) in [5.74, 6) is -0.801. The first kappa shape index (κ1) is 16.3. The molecular formula is C18H17ClN2O3. The Kier molecular flexibility index (Phi) is 4.71. The zero-order valence-electron chi connectivity index (χ0n) is 13.2. The maximum absolute atomic E-state index is 12.1. The van der Waals surface area contributed by atoms with Crippen molar-refractivity contribution in [1.82, 2.24) is 9.88 Å². The highest BCUT2D eigenvalue weighted by Crippen LogP contribution is 2.18. The molecule has 6 heteroatoms. The number of hydrogen-bond acceptors (Lipinski definition) is 3. The summed E-state index contributed by atoms with van der Waals surface area (Å²) in [6, 6.07) is 12.9. The van der Waals surface area contributed by atoms with Gasteiger partial charge in [0.2, 0.25) is 5.91 Å². The fourth-order valence-corrected chi connectivity index (χ4v) is 2.78. The third-order valence-corrected chi connectivity index (χ3v) is 4.14. The standard InChI is InChI=1S/C18H17ClN2O3/c1-12-4-2-3-5-13(12)8-9-20-17(22)11-21-15-7-6-14(19)10-16(15)24-18(21)23/h2-7,10H,8-9,11H2,1H3,(H,20,22). The van der Waals surface area contributed by atoms with Gasteiger partial charge in [-0.15, -0.1) is 0 Å². The van der Waals surface area contributed by atoms with Gasteiger partial charge in [0.1, 0.15) is 6.54 Å². The summed E-state index contributed by atoms with van der Waals surface area (Å²) in [5.41, 5.74) is 3.32. The molecule has 24 heavy (non-hydrogen) atoms. The number of fused-ring (bicyclic) bond motifs is 1. The van der Waals surface area contributed by atoms with Crippen LogP contribution in [0.5, 0.6) is 0 Å². The number of aromatic nitrogens is 1. The zero-order chi connectivity index (χ0) is 17.1. The van der Waals surface area contributed by atoms with Crippen LogP contribution in [0.1, 0.15) is 11.1 Å². The van der Waals surface area contributed by atoms with Gasteiger partial charge in [-0.05, 0) is 36.6 Å². The molecule has 1 aromatic heterocycles. The van der Waals surface area contributed by atoms with E-state index >= 15 is 0 Å². The lowest BCUT2D eigenvalue weighted by molar-refractivity contribution is -0.121. The van der Waals surface area contributed by atoms with E-state index < -0.39 is 5.76 Å². The quantitative estimate of drug-likeness (QED) is 0.774. The number of halogens is 1. The van der Waals surface area contributed by atoms with Crippen molar-refractivity contribution in [2.75, 3.05) is 6.54 Å². The molecule has 1 amide bonds. The van der Waals surface area contributed by atoms with E-state index in [1.165, 1.54) is 15.7 Å². The van der Waals surface area contributed by atoms with E-state index in [4.69, 9.17) is 16.0 Å². The lowest BCUT2D eigenvalue weighted by Gasteiger charge is -2.08. The Morgan fingerprint density at radius 1 is 1.25 bits per heavy atom. The third kappa shape index (κ3) is 3.51. The first-order valence-corrected chi connectivity index (χ1v) is 8.02. The molecule has 0 radical (unpaired) electrons. The smallest absolute Gasteiger partial charge is 0.408 e. The summed E-state index contributed by atoms with van der Waals surface area (Å²) in [7, 11) is 0. The number of hydrogen-bond donors (Lipinski definition) is 1. The predicted octanol–water partition coefficient (Wildman–Crippen LogP) is 2.92. The van der Waals surface area contributed by atoms with Crippen molar-refractivity contribution in [2.24, 2.45) is 0 Å². The van der Waals surface area contributed by atoms with E-state index in [2.05, 4.69) is 5.32 Å². The van der Waals surface area contributed by atoms with E-state index in [0.717, 1.165) is 6.42 Å². The molecule has 0 aliphatic heterocycles. The molecule has 0 aliphatic rings. The summed E-state index contributed by atoms with van der Waals surface area (Å²) in [4.78, 5) is 24.0. The normalized spacial score (nSPS) is 10.9. The van der Waals surface area contributed by atoms with E-state index in [9.17, 15) is 9.59 Å². The molecule has 0 saturated heterocycles. The van der Waals surface area contributed by atoms with Crippen molar-refractivity contribution in [3.05, 3.63) is 69.2 Å². The number of carbonyl (C=O) groups excluding carboxylic acids is 1. The van der Waals surface area contributed by atoms with Crippen LogP contribution in [-0.2, 0) is 17.8 Å². The van der Waals surface area contributed by atoms with Crippen LogP contribution in [0, 0.1) is 6.92 Å². The molecule has 2 aromatic carbocycles. The van der Waals surface area contributed by atoms with E-state index in [1.54, 1.807) is 18.2 Å². The number of nitrogens with one attached hydrogen (secondary N) is 1. The number of nitrogens with zero attached hydrogens (tertiary/aromatic N) is 1. The summed E-state index contributed by atoms with van der Waals surface area (Å²) in [5, 5.41) is 3.31. The van der Waals surface area contributed by atoms with Crippen molar-refractivity contribution in [2.45, 2.75) is 19.9 Å². The fourth-order valence-electron chi connectivity index (χ4n) is 2.62. The zero-order valence-corrected chi connectivity index (χ0v) is 14.0. The minimum Gasteiger partial charge on any atom is -0.408 e. The monoisotopic (exact) mass is 344 g/mol. The first-order valence-electron chi connectivity index (χ1n) is 7.64. The van der Waals surface area contributed by atoms with E-state index in [-0.39, 0.29) is 12.5 Å². The number of oxazole rings is 1. The number of carbonyl (C=O) groups is 1. The molecule has 0 bridgehead atoms. The largest absolute Gasteiger partial charge is 0.420 e. The van der Waals surface area contributed by atoms with Crippen LogP contribution >= 0.6 is 11.6 Å². The Morgan fingerprint density at radius 3 is 2.83 bits per heavy atom. The third-order valence-electron chi connectivity index (χ3n) is 3.91. The second kappa shape index (κ2) is 6.93. The van der Waals surface area contributed by atoms with E-state index in [0.29, 0.717) is 22.7 Å². The van der Waals surface area contributed by atoms with Gasteiger partial charge < -0.3 is 9.73 Å². The molecule has 3 aromatic rings. The van der Waals surface area contributed by atoms with Gasteiger partial charge >= 0.3 is 5.76 Å². The number of aryl methyl sites for hydroxylation is 1. The van der Waals surface area contributed by atoms with Crippen molar-refractivity contribution in [1.29, 1.82) is 0 Å². The molecule has 1 heterocycles. The number of benzene rings is 2. The number of rotatable bonds is 5. The highest BCUT2D eigenvalue weighted by atomic mass is 35.5. The maximum atomic E-state index is 12.1. The van der Waals surface area contributed by atoms with Crippen molar-refractivity contribution in [3.63, 3.8) is 0 Å². The lowest BCUT2D eigenvalue weighted by Crippen LogP contribution is -2.32. The van der Waals surface area contributed by atoms with Crippen LogP contribution in [0.25, 0.3) is 11.1 Å². The van der Waals surface area contributed by atoms with Crippen LogP contribution in [0.4, 0.5) is 0 Å². The molecule has 3 rings (SSSR count). The van der Waals surface area contributed by atoms with Gasteiger partial charge in [0, 0.05) is 17.6 Å². The first-order chi connectivity index (χ1) is 11.5. The second-order valence-corrected chi connectivity index (χ2v) is 6.03. The average molecular weight is 345 g/mol. The summed E-state index contributed by atoms with van der Waals surface area (Å²) in [6.07, 6.45) is 0.745. The molecule has 124 valence electrons. The van der Waals surface area contributed by atoms with Gasteiger partial charge in [-0.25, -0.2) is 4.79 Å².